The van der Waals surface area contributed by atoms with Crippen LogP contribution in [0, 0.1) is 5.92 Å². The van der Waals surface area contributed by atoms with Crippen LogP contribution in [0.3, 0.4) is 0 Å². The average Bonchev–Trinajstić information content (AvgIpc) is 2.46. The first-order valence-corrected chi connectivity index (χ1v) is 8.71. The Labute approximate surface area is 125 Å². The topological polar surface area (TPSA) is 63.4 Å². The maximum Gasteiger partial charge on any atom is 0.243 e. The Hall–Kier alpha value is -1.59. The lowest BCUT2D eigenvalue weighted by Gasteiger charge is -2.29. The number of nitrogen functional groups attached to an aromatic ring is 1. The summed E-state index contributed by atoms with van der Waals surface area (Å²) in [6, 6.07) is 10.7. The van der Waals surface area contributed by atoms with Crippen LogP contribution < -0.4 is 5.73 Å². The van der Waals surface area contributed by atoms with Gasteiger partial charge in [0.2, 0.25) is 10.0 Å². The number of nitrogens with zero attached hydrogens (tertiary/aromatic N) is 1. The highest BCUT2D eigenvalue weighted by atomic mass is 32.2. The summed E-state index contributed by atoms with van der Waals surface area (Å²) in [5.41, 5.74) is 6.42. The SMILES string of the molecule is CC1CCN(S(=O)(=O)c2cccc3cc(N)ccc23)CC1. The molecule has 2 N–H and O–H groups in total. The Kier molecular flexibility index (Phi) is 3.63. The first-order chi connectivity index (χ1) is 9.98. The number of nitrogens with two attached hydrogens (primary N) is 1. The second kappa shape index (κ2) is 5.31. The molecular weight excluding hydrogens is 284 g/mol. The second-order valence-corrected chi connectivity index (χ2v) is 7.73. The van der Waals surface area contributed by atoms with Crippen molar-refractivity contribution in [2.75, 3.05) is 18.8 Å². The van der Waals surface area contributed by atoms with E-state index in [-0.39, 0.29) is 0 Å². The summed E-state index contributed by atoms with van der Waals surface area (Å²) in [6.07, 6.45) is 1.86. The minimum absolute atomic E-state index is 0.384. The van der Waals surface area contributed by atoms with Crippen LogP contribution in [-0.4, -0.2) is 25.8 Å². The lowest BCUT2D eigenvalue weighted by molar-refractivity contribution is 0.288. The van der Waals surface area contributed by atoms with Crippen molar-refractivity contribution in [3.8, 4) is 0 Å². The molecule has 3 rings (SSSR count). The van der Waals surface area contributed by atoms with Crippen molar-refractivity contribution in [3.63, 3.8) is 0 Å². The van der Waals surface area contributed by atoms with Gasteiger partial charge in [0.1, 0.15) is 0 Å². The molecule has 0 saturated carbocycles. The van der Waals surface area contributed by atoms with Gasteiger partial charge in [-0.1, -0.05) is 25.1 Å². The molecule has 5 heteroatoms. The molecule has 0 spiro atoms. The Morgan fingerprint density at radius 1 is 1.14 bits per heavy atom. The van der Waals surface area contributed by atoms with E-state index < -0.39 is 10.0 Å². The van der Waals surface area contributed by atoms with Crippen molar-refractivity contribution in [1.29, 1.82) is 0 Å². The number of hydrogen-bond acceptors (Lipinski definition) is 3. The smallest absolute Gasteiger partial charge is 0.243 e. The van der Waals surface area contributed by atoms with E-state index in [9.17, 15) is 8.42 Å². The van der Waals surface area contributed by atoms with Gasteiger partial charge in [-0.25, -0.2) is 8.42 Å². The van der Waals surface area contributed by atoms with Crippen molar-refractivity contribution in [1.82, 2.24) is 4.31 Å². The standard InChI is InChI=1S/C16H20N2O2S/c1-12-7-9-18(10-8-12)21(19,20)16-4-2-3-13-11-14(17)5-6-15(13)16/h2-6,11-12H,7-10,17H2,1H3. The summed E-state index contributed by atoms with van der Waals surface area (Å²) >= 11 is 0. The molecule has 0 atom stereocenters. The molecule has 0 aliphatic carbocycles. The largest absolute Gasteiger partial charge is 0.399 e. The molecule has 1 fully saturated rings. The van der Waals surface area contributed by atoms with E-state index in [1.165, 1.54) is 0 Å². The number of fused-ring (bicyclic) bond motifs is 1. The summed E-state index contributed by atoms with van der Waals surface area (Å²) in [4.78, 5) is 0.384. The minimum atomic E-state index is -3.43. The minimum Gasteiger partial charge on any atom is -0.399 e. The average molecular weight is 304 g/mol. The summed E-state index contributed by atoms with van der Waals surface area (Å²) in [6.45, 7) is 3.38. The number of sulfonamides is 1. The van der Waals surface area contributed by atoms with E-state index in [0.29, 0.717) is 29.6 Å². The molecule has 0 radical (unpaired) electrons. The predicted molar refractivity (Wildman–Crippen MR) is 85.5 cm³/mol. The molecule has 4 nitrogen and oxygen atoms in total. The van der Waals surface area contributed by atoms with E-state index in [1.54, 1.807) is 28.6 Å². The highest BCUT2D eigenvalue weighted by Gasteiger charge is 2.29. The normalized spacial score (nSPS) is 18.1. The predicted octanol–water partition coefficient (Wildman–Crippen LogP) is 2.84. The van der Waals surface area contributed by atoms with Gasteiger partial charge in [-0.3, -0.25) is 0 Å². The van der Waals surface area contributed by atoms with Crippen molar-refractivity contribution >= 4 is 26.5 Å². The molecule has 112 valence electrons. The highest BCUT2D eigenvalue weighted by molar-refractivity contribution is 7.89. The van der Waals surface area contributed by atoms with Crippen molar-refractivity contribution < 1.29 is 8.42 Å². The van der Waals surface area contributed by atoms with Gasteiger partial charge in [0.25, 0.3) is 0 Å². The van der Waals surface area contributed by atoms with Gasteiger partial charge < -0.3 is 5.73 Å². The molecular formula is C16H20N2O2S. The first-order valence-electron chi connectivity index (χ1n) is 7.27. The van der Waals surface area contributed by atoms with Crippen molar-refractivity contribution in [2.45, 2.75) is 24.7 Å². The summed E-state index contributed by atoms with van der Waals surface area (Å²) in [5.74, 6) is 0.601. The summed E-state index contributed by atoms with van der Waals surface area (Å²) in [7, 11) is -3.43. The van der Waals surface area contributed by atoms with Crippen LogP contribution in [0.15, 0.2) is 41.3 Å². The van der Waals surface area contributed by atoms with Crippen LogP contribution in [0.1, 0.15) is 19.8 Å². The maximum atomic E-state index is 12.9. The zero-order valence-corrected chi connectivity index (χ0v) is 12.9. The van der Waals surface area contributed by atoms with Crippen molar-refractivity contribution in [3.05, 3.63) is 36.4 Å². The van der Waals surface area contributed by atoms with Gasteiger partial charge in [-0.15, -0.1) is 0 Å². The molecule has 1 saturated heterocycles. The molecule has 1 aliphatic heterocycles. The molecule has 2 aromatic carbocycles. The molecule has 0 bridgehead atoms. The van der Waals surface area contributed by atoms with Crippen LogP contribution in [-0.2, 0) is 10.0 Å². The zero-order chi connectivity index (χ0) is 15.0. The first kappa shape index (κ1) is 14.4. The molecule has 0 aromatic heterocycles. The number of anilines is 1. The van der Waals surface area contributed by atoms with E-state index >= 15 is 0 Å². The molecule has 21 heavy (non-hydrogen) atoms. The lowest BCUT2D eigenvalue weighted by atomic mass is 10.0. The van der Waals surface area contributed by atoms with E-state index in [0.717, 1.165) is 23.6 Å². The summed E-state index contributed by atoms with van der Waals surface area (Å²) < 4.78 is 27.4. The Bertz CT molecular complexity index is 763. The third-order valence-corrected chi connectivity index (χ3v) is 6.18. The fraction of sp³-hybridized carbons (Fsp3) is 0.375. The Morgan fingerprint density at radius 3 is 2.57 bits per heavy atom. The molecule has 1 heterocycles. The third kappa shape index (κ3) is 2.63. The fourth-order valence-electron chi connectivity index (χ4n) is 2.86. The molecule has 1 aliphatic rings. The van der Waals surface area contributed by atoms with Crippen LogP contribution in [0.4, 0.5) is 5.69 Å². The van der Waals surface area contributed by atoms with Crippen LogP contribution in [0.5, 0.6) is 0 Å². The van der Waals surface area contributed by atoms with E-state index in [4.69, 9.17) is 5.73 Å². The highest BCUT2D eigenvalue weighted by Crippen LogP contribution is 2.29. The number of rotatable bonds is 2. The summed E-state index contributed by atoms with van der Waals surface area (Å²) in [5, 5.41) is 1.60. The van der Waals surface area contributed by atoms with Gasteiger partial charge in [-0.05, 0) is 42.3 Å². The Morgan fingerprint density at radius 2 is 1.86 bits per heavy atom. The number of hydrogen-bond donors (Lipinski definition) is 1. The van der Waals surface area contributed by atoms with Crippen LogP contribution in [0.2, 0.25) is 0 Å². The fourth-order valence-corrected chi connectivity index (χ4v) is 4.55. The number of benzene rings is 2. The van der Waals surface area contributed by atoms with Gasteiger partial charge in [0.15, 0.2) is 0 Å². The van der Waals surface area contributed by atoms with E-state index in [1.807, 2.05) is 12.1 Å². The zero-order valence-electron chi connectivity index (χ0n) is 12.1. The molecule has 2 aromatic rings. The van der Waals surface area contributed by atoms with E-state index in [2.05, 4.69) is 6.92 Å². The maximum absolute atomic E-state index is 12.9. The molecule has 0 unspecified atom stereocenters. The third-order valence-electron chi connectivity index (χ3n) is 4.22. The van der Waals surface area contributed by atoms with Crippen molar-refractivity contribution in [2.24, 2.45) is 5.92 Å². The number of piperidine rings is 1. The van der Waals surface area contributed by atoms with Gasteiger partial charge in [-0.2, -0.15) is 4.31 Å². The lowest BCUT2D eigenvalue weighted by Crippen LogP contribution is -2.37. The quantitative estimate of drug-likeness (QED) is 0.868. The molecule has 0 amide bonds. The monoisotopic (exact) mass is 304 g/mol. The van der Waals surface area contributed by atoms with Crippen LogP contribution >= 0.6 is 0 Å². The van der Waals surface area contributed by atoms with Crippen LogP contribution in [0.25, 0.3) is 10.8 Å². The van der Waals surface area contributed by atoms with Gasteiger partial charge in [0, 0.05) is 24.2 Å². The second-order valence-electron chi connectivity index (χ2n) is 5.82. The Balaban J connectivity index is 2.07. The van der Waals surface area contributed by atoms with Gasteiger partial charge in [0.05, 0.1) is 4.90 Å². The van der Waals surface area contributed by atoms with Gasteiger partial charge >= 0.3 is 0 Å².